The number of fused-ring (bicyclic) bond motifs is 2. The maximum Gasteiger partial charge on any atom is 0.220 e. The van der Waals surface area contributed by atoms with E-state index >= 15 is 0 Å². The van der Waals surface area contributed by atoms with E-state index in [4.69, 9.17) is 14.2 Å². The van der Waals surface area contributed by atoms with E-state index in [-0.39, 0.29) is 5.91 Å². The van der Waals surface area contributed by atoms with Crippen LogP contribution in [0.4, 0.5) is 0 Å². The van der Waals surface area contributed by atoms with Crippen molar-refractivity contribution in [3.05, 3.63) is 83.9 Å². The first-order chi connectivity index (χ1) is 17.7. The third-order valence-corrected chi connectivity index (χ3v) is 6.43. The van der Waals surface area contributed by atoms with Crippen molar-refractivity contribution in [2.45, 2.75) is 38.7 Å². The Morgan fingerprint density at radius 1 is 0.778 bits per heavy atom. The van der Waals surface area contributed by atoms with Crippen molar-refractivity contribution >= 4 is 27.5 Å². The molecule has 0 heterocycles. The van der Waals surface area contributed by atoms with Gasteiger partial charge >= 0.3 is 0 Å². The second kappa shape index (κ2) is 12.9. The molecule has 0 aliphatic rings. The fourth-order valence-electron chi connectivity index (χ4n) is 4.59. The monoisotopic (exact) mass is 485 g/mol. The Balaban J connectivity index is 1.16. The molecule has 1 amide bonds. The van der Waals surface area contributed by atoms with Crippen molar-refractivity contribution in [1.82, 2.24) is 5.32 Å². The van der Waals surface area contributed by atoms with Crippen molar-refractivity contribution < 1.29 is 19.0 Å². The highest BCUT2D eigenvalue weighted by molar-refractivity contribution is 6.02. The van der Waals surface area contributed by atoms with Crippen LogP contribution in [-0.2, 0) is 22.6 Å². The van der Waals surface area contributed by atoms with E-state index in [0.29, 0.717) is 26.2 Å². The third-order valence-electron chi connectivity index (χ3n) is 6.43. The maximum absolute atomic E-state index is 12.4. The minimum Gasteiger partial charge on any atom is -0.497 e. The van der Waals surface area contributed by atoms with Crippen LogP contribution in [0, 0.1) is 0 Å². The molecule has 4 rings (SSSR count). The average Bonchev–Trinajstić information content (AvgIpc) is 2.91. The number of carbonyl (C=O) groups excluding carboxylic acids is 1. The average molecular weight is 486 g/mol. The number of amides is 1. The van der Waals surface area contributed by atoms with Gasteiger partial charge in [0.15, 0.2) is 0 Å². The van der Waals surface area contributed by atoms with Gasteiger partial charge in [-0.2, -0.15) is 0 Å². The van der Waals surface area contributed by atoms with Crippen LogP contribution < -0.4 is 14.8 Å². The van der Waals surface area contributed by atoms with Gasteiger partial charge in [-0.3, -0.25) is 4.79 Å². The van der Waals surface area contributed by atoms with Crippen LogP contribution in [0.2, 0.25) is 0 Å². The number of nitrogens with one attached hydrogen (secondary N) is 1. The van der Waals surface area contributed by atoms with Gasteiger partial charge in [-0.25, -0.2) is 0 Å². The Kier molecular flexibility index (Phi) is 9.17. The van der Waals surface area contributed by atoms with E-state index in [0.717, 1.165) is 42.7 Å². The molecule has 5 nitrogen and oxygen atoms in total. The fraction of sp³-hybridized carbons (Fsp3) is 0.323. The molecule has 0 fully saturated rings. The Morgan fingerprint density at radius 2 is 1.42 bits per heavy atom. The molecule has 5 heteroatoms. The first-order valence-corrected chi connectivity index (χ1v) is 12.6. The summed E-state index contributed by atoms with van der Waals surface area (Å²) < 4.78 is 16.4. The molecule has 0 aliphatic heterocycles. The number of aryl methyl sites for hydroxylation is 1. The Hall–Kier alpha value is -3.57. The largest absolute Gasteiger partial charge is 0.497 e. The number of methoxy groups -OCH3 is 2. The molecule has 0 aromatic heterocycles. The van der Waals surface area contributed by atoms with E-state index in [2.05, 4.69) is 59.9 Å². The number of hydrogen-bond donors (Lipinski definition) is 1. The number of hydrogen-bond acceptors (Lipinski definition) is 4. The van der Waals surface area contributed by atoms with Crippen molar-refractivity contribution in [2.24, 2.45) is 0 Å². The van der Waals surface area contributed by atoms with E-state index in [1.165, 1.54) is 27.1 Å². The molecule has 0 radical (unpaired) electrons. The third kappa shape index (κ3) is 6.76. The van der Waals surface area contributed by atoms with E-state index in [9.17, 15) is 4.79 Å². The standard InChI is InChI=1S/C31H35NO4/c1-34-26-18-23(19-27(21-26)35-2)22-36-17-8-7-16-32-31(33)15-9-14-30-28-12-5-3-10-24(28)20-25-11-4-6-13-29(25)30/h3-6,10-13,18-21H,7-9,14-17,22H2,1-2H3,(H,32,33). The fourth-order valence-corrected chi connectivity index (χ4v) is 4.59. The van der Waals surface area contributed by atoms with Crippen LogP contribution in [-0.4, -0.2) is 33.3 Å². The lowest BCUT2D eigenvalue weighted by Gasteiger charge is -2.12. The maximum atomic E-state index is 12.4. The molecule has 36 heavy (non-hydrogen) atoms. The van der Waals surface area contributed by atoms with Gasteiger partial charge in [0.25, 0.3) is 0 Å². The lowest BCUT2D eigenvalue weighted by molar-refractivity contribution is -0.121. The van der Waals surface area contributed by atoms with Crippen molar-refractivity contribution in [3.63, 3.8) is 0 Å². The topological polar surface area (TPSA) is 56.8 Å². The summed E-state index contributed by atoms with van der Waals surface area (Å²) in [6.45, 7) is 1.82. The summed E-state index contributed by atoms with van der Waals surface area (Å²) in [5.74, 6) is 1.62. The minimum atomic E-state index is 0.115. The van der Waals surface area contributed by atoms with Crippen LogP contribution in [0.15, 0.2) is 72.8 Å². The zero-order valence-electron chi connectivity index (χ0n) is 21.2. The van der Waals surface area contributed by atoms with E-state index in [1.54, 1.807) is 14.2 Å². The van der Waals surface area contributed by atoms with Crippen LogP contribution in [0.1, 0.15) is 36.8 Å². The van der Waals surface area contributed by atoms with Gasteiger partial charge in [-0.1, -0.05) is 48.5 Å². The van der Waals surface area contributed by atoms with E-state index in [1.807, 2.05) is 18.2 Å². The summed E-state index contributed by atoms with van der Waals surface area (Å²) in [5.41, 5.74) is 2.35. The van der Waals surface area contributed by atoms with Gasteiger partial charge in [0.05, 0.1) is 20.8 Å². The highest BCUT2D eigenvalue weighted by Crippen LogP contribution is 2.29. The Bertz CT molecular complexity index is 1220. The SMILES string of the molecule is COc1cc(COCCCCNC(=O)CCCc2c3ccccc3cc3ccccc23)cc(OC)c1. The molecule has 4 aromatic rings. The van der Waals surface area contributed by atoms with Crippen LogP contribution in [0.25, 0.3) is 21.5 Å². The summed E-state index contributed by atoms with van der Waals surface area (Å²) in [5, 5.41) is 8.12. The summed E-state index contributed by atoms with van der Waals surface area (Å²) in [6.07, 6.45) is 4.03. The van der Waals surface area contributed by atoms with Gasteiger partial charge < -0.3 is 19.5 Å². The molecule has 0 saturated heterocycles. The van der Waals surface area contributed by atoms with Crippen molar-refractivity contribution in [3.8, 4) is 11.5 Å². The quantitative estimate of drug-likeness (QED) is 0.175. The predicted molar refractivity (Wildman–Crippen MR) is 146 cm³/mol. The molecule has 0 saturated carbocycles. The summed E-state index contributed by atoms with van der Waals surface area (Å²) in [7, 11) is 3.28. The van der Waals surface area contributed by atoms with Crippen molar-refractivity contribution in [2.75, 3.05) is 27.4 Å². The lowest BCUT2D eigenvalue weighted by Crippen LogP contribution is -2.24. The molecule has 188 valence electrons. The zero-order chi connectivity index (χ0) is 25.2. The first-order valence-electron chi connectivity index (χ1n) is 12.6. The van der Waals surface area contributed by atoms with Gasteiger partial charge in [0.2, 0.25) is 5.91 Å². The molecule has 0 spiro atoms. The lowest BCUT2D eigenvalue weighted by atomic mass is 9.93. The summed E-state index contributed by atoms with van der Waals surface area (Å²) in [4.78, 5) is 12.4. The molecule has 0 bridgehead atoms. The summed E-state index contributed by atoms with van der Waals surface area (Å²) >= 11 is 0. The first kappa shape index (κ1) is 25.5. The summed E-state index contributed by atoms with van der Waals surface area (Å²) in [6, 6.07) is 25.0. The van der Waals surface area contributed by atoms with Gasteiger partial charge in [-0.15, -0.1) is 0 Å². The zero-order valence-corrected chi connectivity index (χ0v) is 21.2. The molecular formula is C31H35NO4. The number of carbonyl (C=O) groups is 1. The Labute approximate surface area is 213 Å². The minimum absolute atomic E-state index is 0.115. The molecule has 4 aromatic carbocycles. The number of ether oxygens (including phenoxy) is 3. The van der Waals surface area contributed by atoms with Crippen LogP contribution in [0.3, 0.4) is 0 Å². The molecule has 0 atom stereocenters. The highest BCUT2D eigenvalue weighted by Gasteiger charge is 2.09. The molecule has 1 N–H and O–H groups in total. The second-order valence-corrected chi connectivity index (χ2v) is 8.98. The van der Waals surface area contributed by atoms with E-state index < -0.39 is 0 Å². The molecule has 0 aliphatic carbocycles. The van der Waals surface area contributed by atoms with Gasteiger partial charge in [0, 0.05) is 25.6 Å². The van der Waals surface area contributed by atoms with Crippen LogP contribution in [0.5, 0.6) is 11.5 Å². The number of rotatable bonds is 13. The smallest absolute Gasteiger partial charge is 0.220 e. The van der Waals surface area contributed by atoms with Gasteiger partial charge in [-0.05, 0) is 76.6 Å². The van der Waals surface area contributed by atoms with Crippen molar-refractivity contribution in [1.29, 1.82) is 0 Å². The predicted octanol–water partition coefficient (Wildman–Crippen LogP) is 6.45. The normalized spacial score (nSPS) is 11.1. The molecular weight excluding hydrogens is 450 g/mol. The van der Waals surface area contributed by atoms with Gasteiger partial charge in [0.1, 0.15) is 11.5 Å². The number of benzene rings is 4. The highest BCUT2D eigenvalue weighted by atomic mass is 16.5. The van der Waals surface area contributed by atoms with Crippen LogP contribution >= 0.6 is 0 Å². The second-order valence-electron chi connectivity index (χ2n) is 8.98. The number of unbranched alkanes of at least 4 members (excludes halogenated alkanes) is 1. The molecule has 0 unspecified atom stereocenters. The Morgan fingerprint density at radius 3 is 2.06 bits per heavy atom.